The van der Waals surface area contributed by atoms with Crippen molar-refractivity contribution >= 4 is 11.9 Å². The minimum atomic E-state index is -1.13. The van der Waals surface area contributed by atoms with Crippen LogP contribution in [0, 0.1) is 0 Å². The van der Waals surface area contributed by atoms with Crippen LogP contribution in [0.2, 0.25) is 0 Å². The number of carboxylic acids is 2. The zero-order valence-electron chi connectivity index (χ0n) is 18.2. The van der Waals surface area contributed by atoms with Crippen LogP contribution in [0.25, 0.3) is 0 Å². The highest BCUT2D eigenvalue weighted by atomic mass is 16.4. The van der Waals surface area contributed by atoms with Gasteiger partial charge in [0, 0.05) is 0 Å². The third-order valence-electron chi connectivity index (χ3n) is 4.54. The van der Waals surface area contributed by atoms with Gasteiger partial charge in [0.1, 0.15) is 0 Å². The Bertz CT molecular complexity index is 535. The van der Waals surface area contributed by atoms with Crippen molar-refractivity contribution in [3.63, 3.8) is 0 Å². The van der Waals surface area contributed by atoms with Crippen LogP contribution >= 0.6 is 0 Å². The van der Waals surface area contributed by atoms with Crippen LogP contribution in [0.1, 0.15) is 91.8 Å². The molecule has 28 heavy (non-hydrogen) atoms. The normalized spacial score (nSPS) is 10.9. The SMILES string of the molecule is CCCCCCCCCCCC[N+](C)(C)C.O=C(O)c1cccc(C(=O)O)c1. The highest BCUT2D eigenvalue weighted by Crippen LogP contribution is 2.11. The summed E-state index contributed by atoms with van der Waals surface area (Å²) in [7, 11) is 6.86. The van der Waals surface area contributed by atoms with E-state index in [2.05, 4.69) is 28.1 Å². The Kier molecular flexibility index (Phi) is 14.1. The molecule has 0 amide bonds. The molecular weight excluding hydrogens is 354 g/mol. The average Bonchev–Trinajstić information content (AvgIpc) is 2.63. The summed E-state index contributed by atoms with van der Waals surface area (Å²) in [5.41, 5.74) is -0.0372. The molecular formula is C23H40NO4+. The van der Waals surface area contributed by atoms with Gasteiger partial charge in [-0.1, -0.05) is 64.4 Å². The number of hydrogen-bond acceptors (Lipinski definition) is 2. The maximum absolute atomic E-state index is 10.4. The van der Waals surface area contributed by atoms with Gasteiger partial charge in [-0.2, -0.15) is 0 Å². The minimum absolute atomic E-state index is 0.0186. The van der Waals surface area contributed by atoms with Crippen LogP contribution < -0.4 is 0 Å². The summed E-state index contributed by atoms with van der Waals surface area (Å²) < 4.78 is 1.12. The molecule has 0 saturated heterocycles. The molecule has 0 aliphatic heterocycles. The molecule has 0 fully saturated rings. The standard InChI is InChI=1S/C15H34N.C8H6O4/c1-5-6-7-8-9-10-11-12-13-14-15-16(2,3)4;9-7(10)5-2-1-3-6(4-5)8(11)12/h5-15H2,1-4H3;1-4H,(H,9,10)(H,11,12)/q+1;. The summed E-state index contributed by atoms with van der Waals surface area (Å²) in [6, 6.07) is 5.20. The quantitative estimate of drug-likeness (QED) is 0.332. The number of carboxylic acid groups (broad SMARTS) is 2. The van der Waals surface area contributed by atoms with E-state index in [1.54, 1.807) is 0 Å². The summed E-state index contributed by atoms with van der Waals surface area (Å²) >= 11 is 0. The van der Waals surface area contributed by atoms with Crippen LogP contribution in [0.4, 0.5) is 0 Å². The molecule has 1 aromatic rings. The fraction of sp³-hybridized carbons (Fsp3) is 0.652. The number of benzene rings is 1. The van der Waals surface area contributed by atoms with Crippen molar-refractivity contribution in [2.75, 3.05) is 27.7 Å². The fourth-order valence-corrected chi connectivity index (χ4v) is 2.86. The predicted octanol–water partition coefficient (Wildman–Crippen LogP) is 5.70. The molecule has 0 atom stereocenters. The van der Waals surface area contributed by atoms with E-state index in [0.29, 0.717) is 0 Å². The van der Waals surface area contributed by atoms with Crippen molar-refractivity contribution < 1.29 is 24.3 Å². The van der Waals surface area contributed by atoms with E-state index in [1.165, 1.54) is 89.0 Å². The highest BCUT2D eigenvalue weighted by Gasteiger charge is 2.07. The zero-order chi connectivity index (χ0) is 21.4. The molecule has 0 aliphatic carbocycles. The fourth-order valence-electron chi connectivity index (χ4n) is 2.86. The summed E-state index contributed by atoms with van der Waals surface area (Å²) in [4.78, 5) is 20.8. The van der Waals surface area contributed by atoms with Crippen LogP contribution in [-0.4, -0.2) is 54.3 Å². The lowest BCUT2D eigenvalue weighted by molar-refractivity contribution is -0.870. The largest absolute Gasteiger partial charge is 0.478 e. The van der Waals surface area contributed by atoms with Gasteiger partial charge in [-0.3, -0.25) is 0 Å². The number of quaternary nitrogens is 1. The van der Waals surface area contributed by atoms with E-state index in [9.17, 15) is 9.59 Å². The molecule has 0 heterocycles. The first-order valence-corrected chi connectivity index (χ1v) is 10.5. The van der Waals surface area contributed by atoms with Crippen LogP contribution in [0.15, 0.2) is 24.3 Å². The second kappa shape index (κ2) is 15.1. The molecule has 0 bridgehead atoms. The lowest BCUT2D eigenvalue weighted by Crippen LogP contribution is -2.35. The summed E-state index contributed by atoms with van der Waals surface area (Å²) in [6.45, 7) is 3.62. The van der Waals surface area contributed by atoms with Crippen molar-refractivity contribution in [1.82, 2.24) is 0 Å². The van der Waals surface area contributed by atoms with E-state index in [0.717, 1.165) is 10.5 Å². The minimum Gasteiger partial charge on any atom is -0.478 e. The molecule has 2 N–H and O–H groups in total. The van der Waals surface area contributed by atoms with E-state index in [-0.39, 0.29) is 11.1 Å². The Morgan fingerprint density at radius 2 is 1.14 bits per heavy atom. The second-order valence-corrected chi connectivity index (χ2v) is 8.39. The lowest BCUT2D eigenvalue weighted by Gasteiger charge is -2.23. The first-order chi connectivity index (χ1) is 13.2. The van der Waals surface area contributed by atoms with Crippen LogP contribution in [0.5, 0.6) is 0 Å². The van der Waals surface area contributed by atoms with Gasteiger partial charge in [-0.15, -0.1) is 0 Å². The molecule has 1 aromatic carbocycles. The molecule has 1 rings (SSSR count). The van der Waals surface area contributed by atoms with Crippen molar-refractivity contribution in [2.24, 2.45) is 0 Å². The molecule has 0 saturated carbocycles. The summed E-state index contributed by atoms with van der Waals surface area (Å²) in [6.07, 6.45) is 14.4. The van der Waals surface area contributed by atoms with Gasteiger partial charge in [0.2, 0.25) is 0 Å². The summed E-state index contributed by atoms with van der Waals surface area (Å²) in [5, 5.41) is 17.0. The molecule has 0 radical (unpaired) electrons. The molecule has 0 aromatic heterocycles. The topological polar surface area (TPSA) is 74.6 Å². The van der Waals surface area contributed by atoms with E-state index < -0.39 is 11.9 Å². The molecule has 5 nitrogen and oxygen atoms in total. The number of carbonyl (C=O) groups is 2. The van der Waals surface area contributed by atoms with E-state index >= 15 is 0 Å². The Balaban J connectivity index is 0.000000540. The van der Waals surface area contributed by atoms with Crippen molar-refractivity contribution in [3.8, 4) is 0 Å². The van der Waals surface area contributed by atoms with Gasteiger partial charge in [0.05, 0.1) is 38.8 Å². The summed E-state index contributed by atoms with van der Waals surface area (Å²) in [5.74, 6) is -2.25. The first-order valence-electron chi connectivity index (χ1n) is 10.5. The van der Waals surface area contributed by atoms with E-state index in [4.69, 9.17) is 10.2 Å². The smallest absolute Gasteiger partial charge is 0.335 e. The molecule has 0 aliphatic rings. The van der Waals surface area contributed by atoms with Gasteiger partial charge in [0.25, 0.3) is 0 Å². The number of unbranched alkanes of at least 4 members (excludes halogenated alkanes) is 9. The van der Waals surface area contributed by atoms with Gasteiger partial charge < -0.3 is 14.7 Å². The van der Waals surface area contributed by atoms with Crippen LogP contribution in [0.3, 0.4) is 0 Å². The number of rotatable bonds is 13. The number of aromatic carboxylic acids is 2. The lowest BCUT2D eigenvalue weighted by atomic mass is 10.1. The molecule has 5 heteroatoms. The monoisotopic (exact) mass is 394 g/mol. The Morgan fingerprint density at radius 1 is 0.750 bits per heavy atom. The molecule has 0 spiro atoms. The van der Waals surface area contributed by atoms with Crippen molar-refractivity contribution in [3.05, 3.63) is 35.4 Å². The zero-order valence-corrected chi connectivity index (χ0v) is 18.2. The third-order valence-corrected chi connectivity index (χ3v) is 4.54. The maximum atomic E-state index is 10.4. The van der Waals surface area contributed by atoms with E-state index in [1.807, 2.05) is 0 Å². The maximum Gasteiger partial charge on any atom is 0.335 e. The highest BCUT2D eigenvalue weighted by molar-refractivity contribution is 5.93. The Labute approximate surface area is 171 Å². The molecule has 0 unspecified atom stereocenters. The van der Waals surface area contributed by atoms with Crippen molar-refractivity contribution in [2.45, 2.75) is 71.1 Å². The van der Waals surface area contributed by atoms with Gasteiger partial charge in [-0.05, 0) is 31.0 Å². The van der Waals surface area contributed by atoms with Gasteiger partial charge in [-0.25, -0.2) is 9.59 Å². The predicted molar refractivity (Wildman–Crippen MR) is 115 cm³/mol. The average molecular weight is 395 g/mol. The second-order valence-electron chi connectivity index (χ2n) is 8.39. The van der Waals surface area contributed by atoms with Crippen LogP contribution in [-0.2, 0) is 0 Å². The van der Waals surface area contributed by atoms with Gasteiger partial charge >= 0.3 is 11.9 Å². The number of nitrogens with zero attached hydrogens (tertiary/aromatic N) is 1. The van der Waals surface area contributed by atoms with Gasteiger partial charge in [0.15, 0.2) is 0 Å². The first kappa shape index (κ1) is 26.1. The third kappa shape index (κ3) is 15.2. The molecule has 160 valence electrons. The van der Waals surface area contributed by atoms with Crippen molar-refractivity contribution in [1.29, 1.82) is 0 Å². The Morgan fingerprint density at radius 3 is 1.50 bits per heavy atom. The Hall–Kier alpha value is -1.88. The number of hydrogen-bond donors (Lipinski definition) is 2.